The van der Waals surface area contributed by atoms with Gasteiger partial charge < -0.3 is 19.7 Å². The first-order valence-corrected chi connectivity index (χ1v) is 10.0. The van der Waals surface area contributed by atoms with Gasteiger partial charge >= 0.3 is 0 Å². The molecular weight excluding hydrogens is 398 g/mol. The van der Waals surface area contributed by atoms with Crippen LogP contribution in [-0.4, -0.2) is 57.8 Å². The number of benzene rings is 1. The lowest BCUT2D eigenvalue weighted by Gasteiger charge is -2.26. The molecule has 0 aliphatic carbocycles. The largest absolute Gasteiger partial charge is 0.489 e. The number of nitrogens with zero attached hydrogens (tertiary/aromatic N) is 4. The molecule has 2 amide bonds. The quantitative estimate of drug-likeness (QED) is 0.626. The molecule has 0 atom stereocenters. The van der Waals surface area contributed by atoms with Gasteiger partial charge in [0, 0.05) is 37.6 Å². The molecule has 2 aromatic heterocycles. The molecule has 3 heterocycles. The van der Waals surface area contributed by atoms with Crippen molar-refractivity contribution in [1.29, 1.82) is 0 Å². The van der Waals surface area contributed by atoms with Gasteiger partial charge in [0.15, 0.2) is 5.82 Å². The van der Waals surface area contributed by atoms with E-state index < -0.39 is 5.91 Å². The number of pyridine rings is 1. The molecule has 1 aromatic carbocycles. The van der Waals surface area contributed by atoms with Crippen LogP contribution in [0.5, 0.6) is 5.75 Å². The van der Waals surface area contributed by atoms with Crippen LogP contribution >= 0.6 is 0 Å². The number of carbonyl (C=O) groups is 2. The van der Waals surface area contributed by atoms with Gasteiger partial charge in [-0.1, -0.05) is 30.3 Å². The molecule has 0 radical (unpaired) electrons. The number of ether oxygens (including phenoxy) is 2. The van der Waals surface area contributed by atoms with Gasteiger partial charge in [-0.3, -0.25) is 19.3 Å². The van der Waals surface area contributed by atoms with E-state index in [1.165, 1.54) is 10.9 Å². The summed E-state index contributed by atoms with van der Waals surface area (Å²) in [7, 11) is 0. The molecule has 4 rings (SSSR count). The lowest BCUT2D eigenvalue weighted by atomic mass is 10.2. The maximum Gasteiger partial charge on any atom is 0.275 e. The minimum Gasteiger partial charge on any atom is -0.489 e. The Hall–Kier alpha value is -3.72. The Morgan fingerprint density at radius 3 is 2.71 bits per heavy atom. The van der Waals surface area contributed by atoms with Crippen molar-refractivity contribution in [2.75, 3.05) is 31.6 Å². The molecular formula is C22H23N5O4. The molecule has 31 heavy (non-hydrogen) atoms. The zero-order valence-electron chi connectivity index (χ0n) is 16.9. The van der Waals surface area contributed by atoms with Gasteiger partial charge in [0.2, 0.25) is 5.91 Å². The Balaban J connectivity index is 1.32. The Morgan fingerprint density at radius 2 is 1.90 bits per heavy atom. The second kappa shape index (κ2) is 9.86. The van der Waals surface area contributed by atoms with Crippen molar-refractivity contribution in [2.45, 2.75) is 13.2 Å². The van der Waals surface area contributed by atoms with E-state index >= 15 is 0 Å². The summed E-state index contributed by atoms with van der Waals surface area (Å²) in [4.78, 5) is 30.7. The number of amides is 2. The number of hydrogen-bond acceptors (Lipinski definition) is 6. The number of nitrogens with one attached hydrogen (secondary N) is 1. The van der Waals surface area contributed by atoms with Crippen LogP contribution in [0.1, 0.15) is 16.1 Å². The standard InChI is InChI=1S/C22H23N5O4/c28-21(26-10-12-30-13-11-26)15-27-9-7-20(25-27)24-22(29)19-14-18(6-8-23-19)31-16-17-4-2-1-3-5-17/h1-9,14H,10-13,15-16H2,(H,24,25,29). The number of aromatic nitrogens is 3. The zero-order valence-corrected chi connectivity index (χ0v) is 16.9. The van der Waals surface area contributed by atoms with Gasteiger partial charge in [-0.05, 0) is 11.6 Å². The predicted octanol–water partition coefficient (Wildman–Crippen LogP) is 1.97. The van der Waals surface area contributed by atoms with Crippen LogP contribution in [0, 0.1) is 0 Å². The average molecular weight is 421 g/mol. The monoisotopic (exact) mass is 421 g/mol. The molecule has 1 saturated heterocycles. The molecule has 1 aliphatic rings. The summed E-state index contributed by atoms with van der Waals surface area (Å²) in [6, 6.07) is 14.7. The minimum absolute atomic E-state index is 0.0331. The molecule has 3 aromatic rings. The Labute approximate surface area is 179 Å². The van der Waals surface area contributed by atoms with Crippen LogP contribution in [0.25, 0.3) is 0 Å². The molecule has 160 valence electrons. The fraction of sp³-hybridized carbons (Fsp3) is 0.273. The first-order chi connectivity index (χ1) is 15.2. The zero-order chi connectivity index (χ0) is 21.5. The maximum absolute atomic E-state index is 12.6. The minimum atomic E-state index is -0.407. The fourth-order valence-corrected chi connectivity index (χ4v) is 3.11. The normalized spacial score (nSPS) is 13.6. The van der Waals surface area contributed by atoms with Gasteiger partial charge in [0.05, 0.1) is 13.2 Å². The summed E-state index contributed by atoms with van der Waals surface area (Å²) in [6.45, 7) is 2.76. The van der Waals surface area contributed by atoms with Crippen LogP contribution in [0.2, 0.25) is 0 Å². The maximum atomic E-state index is 12.6. The van der Waals surface area contributed by atoms with Gasteiger partial charge in [-0.25, -0.2) is 0 Å². The summed E-state index contributed by atoms with van der Waals surface area (Å²) in [5.41, 5.74) is 1.24. The van der Waals surface area contributed by atoms with E-state index in [1.807, 2.05) is 30.3 Å². The molecule has 0 saturated carbocycles. The van der Waals surface area contributed by atoms with E-state index in [0.717, 1.165) is 5.56 Å². The van der Waals surface area contributed by atoms with Crippen molar-refractivity contribution < 1.29 is 19.1 Å². The van der Waals surface area contributed by atoms with E-state index in [9.17, 15) is 9.59 Å². The van der Waals surface area contributed by atoms with Crippen LogP contribution < -0.4 is 10.1 Å². The van der Waals surface area contributed by atoms with E-state index in [2.05, 4.69) is 15.4 Å². The van der Waals surface area contributed by atoms with Gasteiger partial charge in [0.25, 0.3) is 5.91 Å². The first kappa shape index (κ1) is 20.5. The summed E-state index contributed by atoms with van der Waals surface area (Å²) in [5.74, 6) is 0.451. The highest BCUT2D eigenvalue weighted by molar-refractivity contribution is 6.02. The third kappa shape index (κ3) is 5.67. The SMILES string of the molecule is O=C(Nc1ccn(CC(=O)N2CCOCC2)n1)c1cc(OCc2ccccc2)ccn1. The highest BCUT2D eigenvalue weighted by atomic mass is 16.5. The Bertz CT molecular complexity index is 1030. The Kier molecular flexibility index (Phi) is 6.53. The van der Waals surface area contributed by atoms with Gasteiger partial charge in [-0.2, -0.15) is 5.10 Å². The second-order valence-corrected chi connectivity index (χ2v) is 7.00. The van der Waals surface area contributed by atoms with Crippen LogP contribution in [0.15, 0.2) is 60.9 Å². The number of carbonyl (C=O) groups excluding carboxylic acids is 2. The lowest BCUT2D eigenvalue weighted by molar-refractivity contribution is -0.136. The Morgan fingerprint density at radius 1 is 1.10 bits per heavy atom. The first-order valence-electron chi connectivity index (χ1n) is 10.0. The molecule has 1 aliphatic heterocycles. The number of anilines is 1. The molecule has 0 spiro atoms. The molecule has 1 fully saturated rings. The summed E-state index contributed by atoms with van der Waals surface area (Å²) in [6.07, 6.45) is 3.18. The van der Waals surface area contributed by atoms with Crippen molar-refractivity contribution in [3.63, 3.8) is 0 Å². The van der Waals surface area contributed by atoms with Crippen LogP contribution in [-0.2, 0) is 22.7 Å². The van der Waals surface area contributed by atoms with E-state index in [4.69, 9.17) is 9.47 Å². The van der Waals surface area contributed by atoms with Crippen LogP contribution in [0.3, 0.4) is 0 Å². The molecule has 0 bridgehead atoms. The van der Waals surface area contributed by atoms with E-state index in [-0.39, 0.29) is 18.1 Å². The van der Waals surface area contributed by atoms with Crippen molar-refractivity contribution in [3.8, 4) is 5.75 Å². The molecule has 9 nitrogen and oxygen atoms in total. The fourth-order valence-electron chi connectivity index (χ4n) is 3.11. The molecule has 9 heteroatoms. The van der Waals surface area contributed by atoms with Gasteiger partial charge in [0.1, 0.15) is 24.6 Å². The highest BCUT2D eigenvalue weighted by Crippen LogP contribution is 2.15. The van der Waals surface area contributed by atoms with Crippen LogP contribution in [0.4, 0.5) is 5.82 Å². The third-order valence-corrected chi connectivity index (χ3v) is 4.76. The summed E-state index contributed by atoms with van der Waals surface area (Å²) >= 11 is 0. The number of rotatable bonds is 7. The average Bonchev–Trinajstić information content (AvgIpc) is 3.25. The van der Waals surface area contributed by atoms with Crippen molar-refractivity contribution >= 4 is 17.6 Å². The number of hydrogen-bond donors (Lipinski definition) is 1. The van der Waals surface area contributed by atoms with Crippen molar-refractivity contribution in [3.05, 3.63) is 72.2 Å². The lowest BCUT2D eigenvalue weighted by Crippen LogP contribution is -2.42. The van der Waals surface area contributed by atoms with Crippen molar-refractivity contribution in [1.82, 2.24) is 19.7 Å². The topological polar surface area (TPSA) is 98.6 Å². The number of morpholine rings is 1. The molecule has 1 N–H and O–H groups in total. The summed E-state index contributed by atoms with van der Waals surface area (Å²) in [5, 5.41) is 6.95. The van der Waals surface area contributed by atoms with Gasteiger partial charge in [-0.15, -0.1) is 0 Å². The van der Waals surface area contributed by atoms with E-state index in [0.29, 0.717) is 44.5 Å². The third-order valence-electron chi connectivity index (χ3n) is 4.76. The van der Waals surface area contributed by atoms with Crippen molar-refractivity contribution in [2.24, 2.45) is 0 Å². The van der Waals surface area contributed by atoms with E-state index in [1.54, 1.807) is 29.3 Å². The molecule has 0 unspecified atom stereocenters. The second-order valence-electron chi connectivity index (χ2n) is 7.00. The predicted molar refractivity (Wildman–Crippen MR) is 113 cm³/mol. The highest BCUT2D eigenvalue weighted by Gasteiger charge is 2.18. The summed E-state index contributed by atoms with van der Waals surface area (Å²) < 4.78 is 12.5. The smallest absolute Gasteiger partial charge is 0.275 e.